The molecule has 0 aliphatic rings. The highest BCUT2D eigenvalue weighted by atomic mass is 32.2. The number of para-hydroxylation sites is 1. The SMILES string of the molecule is CSc1ccccc1NC(=O)[C@@H](C)N(c1cc([N+](=O)[O-])ccc1C)S(C)(=O)=O. The molecule has 0 saturated heterocycles. The number of carbonyl (C=O) groups excluding carboxylic acids is 1. The maximum atomic E-state index is 12.8. The summed E-state index contributed by atoms with van der Waals surface area (Å²) < 4.78 is 25.8. The van der Waals surface area contributed by atoms with Gasteiger partial charge in [0.15, 0.2) is 0 Å². The molecule has 28 heavy (non-hydrogen) atoms. The number of non-ortho nitro benzene ring substituents is 1. The Balaban J connectivity index is 2.45. The van der Waals surface area contributed by atoms with Crippen molar-refractivity contribution in [3.63, 3.8) is 0 Å². The number of amides is 1. The lowest BCUT2D eigenvalue weighted by atomic mass is 10.1. The molecule has 0 aromatic heterocycles. The molecule has 1 amide bonds. The van der Waals surface area contributed by atoms with Gasteiger partial charge >= 0.3 is 0 Å². The van der Waals surface area contributed by atoms with Crippen molar-refractivity contribution in [1.29, 1.82) is 0 Å². The van der Waals surface area contributed by atoms with Crippen LogP contribution < -0.4 is 9.62 Å². The summed E-state index contributed by atoms with van der Waals surface area (Å²) in [5.41, 5.74) is 0.906. The third-order valence-electron chi connectivity index (χ3n) is 4.09. The van der Waals surface area contributed by atoms with Crippen molar-refractivity contribution in [1.82, 2.24) is 0 Å². The number of nitro groups is 1. The fraction of sp³-hybridized carbons (Fsp3) is 0.278. The monoisotopic (exact) mass is 423 g/mol. The Morgan fingerprint density at radius 3 is 2.46 bits per heavy atom. The highest BCUT2D eigenvalue weighted by molar-refractivity contribution is 7.98. The summed E-state index contributed by atoms with van der Waals surface area (Å²) in [4.78, 5) is 24.1. The molecular weight excluding hydrogens is 402 g/mol. The van der Waals surface area contributed by atoms with E-state index in [1.54, 1.807) is 19.1 Å². The number of rotatable bonds is 7. The standard InChI is InChI=1S/C18H21N3O5S2/c1-12-9-10-14(21(23)24)11-16(12)20(28(4,25)26)13(2)18(22)19-15-7-5-6-8-17(15)27-3/h5-11,13H,1-4H3,(H,19,22)/t13-/m1/s1. The van der Waals surface area contributed by atoms with Gasteiger partial charge in [0.2, 0.25) is 15.9 Å². The smallest absolute Gasteiger partial charge is 0.271 e. The molecule has 0 spiro atoms. The average Bonchev–Trinajstić information content (AvgIpc) is 2.62. The number of hydrogen-bond donors (Lipinski definition) is 1. The van der Waals surface area contributed by atoms with E-state index in [-0.39, 0.29) is 11.4 Å². The van der Waals surface area contributed by atoms with Crippen molar-refractivity contribution in [2.45, 2.75) is 24.8 Å². The van der Waals surface area contributed by atoms with Crippen LogP contribution in [0.3, 0.4) is 0 Å². The lowest BCUT2D eigenvalue weighted by molar-refractivity contribution is -0.384. The van der Waals surface area contributed by atoms with Crippen LogP contribution in [0.1, 0.15) is 12.5 Å². The van der Waals surface area contributed by atoms with Gasteiger partial charge in [-0.05, 0) is 37.8 Å². The number of benzene rings is 2. The van der Waals surface area contributed by atoms with Crippen molar-refractivity contribution < 1.29 is 18.1 Å². The highest BCUT2D eigenvalue weighted by Crippen LogP contribution is 2.30. The van der Waals surface area contributed by atoms with Gasteiger partial charge in [-0.25, -0.2) is 8.42 Å². The van der Waals surface area contributed by atoms with Crippen LogP contribution >= 0.6 is 11.8 Å². The Kier molecular flexibility index (Phi) is 6.68. The maximum absolute atomic E-state index is 12.8. The zero-order valence-electron chi connectivity index (χ0n) is 15.9. The first kappa shape index (κ1) is 21.7. The summed E-state index contributed by atoms with van der Waals surface area (Å²) in [5, 5.41) is 13.8. The van der Waals surface area contributed by atoms with Gasteiger partial charge in [0.05, 0.1) is 22.6 Å². The van der Waals surface area contributed by atoms with E-state index in [0.29, 0.717) is 11.3 Å². The fourth-order valence-electron chi connectivity index (χ4n) is 2.71. The normalized spacial score (nSPS) is 12.3. The fourth-order valence-corrected chi connectivity index (χ4v) is 4.49. The maximum Gasteiger partial charge on any atom is 0.271 e. The first-order valence-corrected chi connectivity index (χ1v) is 11.3. The van der Waals surface area contributed by atoms with Crippen molar-refractivity contribution in [2.75, 3.05) is 22.1 Å². The van der Waals surface area contributed by atoms with E-state index in [9.17, 15) is 23.3 Å². The third kappa shape index (κ3) is 4.82. The lowest BCUT2D eigenvalue weighted by Crippen LogP contribution is -2.45. The molecule has 10 heteroatoms. The number of aryl methyl sites for hydroxylation is 1. The largest absolute Gasteiger partial charge is 0.323 e. The topological polar surface area (TPSA) is 110 Å². The van der Waals surface area contributed by atoms with E-state index in [1.807, 2.05) is 18.4 Å². The van der Waals surface area contributed by atoms with Crippen LogP contribution in [-0.4, -0.2) is 37.8 Å². The van der Waals surface area contributed by atoms with Crippen molar-refractivity contribution in [3.05, 3.63) is 58.1 Å². The molecule has 8 nitrogen and oxygen atoms in total. The van der Waals surface area contributed by atoms with Gasteiger partial charge in [-0.3, -0.25) is 19.2 Å². The number of carbonyl (C=O) groups is 1. The van der Waals surface area contributed by atoms with E-state index in [2.05, 4.69) is 5.32 Å². The van der Waals surface area contributed by atoms with Crippen molar-refractivity contribution in [2.24, 2.45) is 0 Å². The van der Waals surface area contributed by atoms with Crippen LogP contribution in [0.4, 0.5) is 17.1 Å². The summed E-state index contributed by atoms with van der Waals surface area (Å²) in [5.74, 6) is -0.544. The zero-order valence-corrected chi connectivity index (χ0v) is 17.5. The van der Waals surface area contributed by atoms with Gasteiger partial charge in [0.1, 0.15) is 6.04 Å². The number of anilines is 2. The molecule has 0 bridgehead atoms. The van der Waals surface area contributed by atoms with Crippen LogP contribution in [0.25, 0.3) is 0 Å². The molecule has 2 aromatic carbocycles. The minimum Gasteiger partial charge on any atom is -0.323 e. The molecule has 150 valence electrons. The number of nitrogens with one attached hydrogen (secondary N) is 1. The first-order valence-electron chi connectivity index (χ1n) is 8.24. The first-order chi connectivity index (χ1) is 13.1. The Hall–Kier alpha value is -2.59. The Morgan fingerprint density at radius 1 is 1.25 bits per heavy atom. The Morgan fingerprint density at radius 2 is 1.89 bits per heavy atom. The van der Waals surface area contributed by atoms with Gasteiger partial charge in [-0.15, -0.1) is 11.8 Å². The third-order valence-corrected chi connectivity index (χ3v) is 6.12. The van der Waals surface area contributed by atoms with Crippen LogP contribution in [0.5, 0.6) is 0 Å². The van der Waals surface area contributed by atoms with E-state index < -0.39 is 26.9 Å². The summed E-state index contributed by atoms with van der Waals surface area (Å²) >= 11 is 1.45. The second-order valence-electron chi connectivity index (χ2n) is 6.15. The number of hydrogen-bond acceptors (Lipinski definition) is 6. The number of sulfonamides is 1. The lowest BCUT2D eigenvalue weighted by Gasteiger charge is -2.29. The summed E-state index contributed by atoms with van der Waals surface area (Å²) in [6, 6.07) is 9.95. The molecule has 0 aliphatic heterocycles. The molecule has 0 heterocycles. The van der Waals surface area contributed by atoms with Crippen LogP contribution in [0.15, 0.2) is 47.4 Å². The predicted molar refractivity (Wildman–Crippen MR) is 111 cm³/mol. The van der Waals surface area contributed by atoms with Gasteiger partial charge in [0.25, 0.3) is 5.69 Å². The molecular formula is C18H21N3O5S2. The molecule has 0 aliphatic carbocycles. The quantitative estimate of drug-likeness (QED) is 0.415. The van der Waals surface area contributed by atoms with E-state index in [4.69, 9.17) is 0 Å². The molecule has 0 unspecified atom stereocenters. The molecule has 2 aromatic rings. The Labute approximate surface area is 168 Å². The van der Waals surface area contributed by atoms with Crippen molar-refractivity contribution in [3.8, 4) is 0 Å². The van der Waals surface area contributed by atoms with Crippen LogP contribution in [-0.2, 0) is 14.8 Å². The van der Waals surface area contributed by atoms with Crippen LogP contribution in [0, 0.1) is 17.0 Å². The van der Waals surface area contributed by atoms with Gasteiger partial charge in [0, 0.05) is 17.0 Å². The van der Waals surface area contributed by atoms with Crippen LogP contribution in [0.2, 0.25) is 0 Å². The average molecular weight is 424 g/mol. The summed E-state index contributed by atoms with van der Waals surface area (Å²) in [6.07, 6.45) is 2.83. The van der Waals surface area contributed by atoms with E-state index in [1.165, 1.54) is 30.8 Å². The summed E-state index contributed by atoms with van der Waals surface area (Å²) in [7, 11) is -3.89. The molecule has 0 fully saturated rings. The Bertz CT molecular complexity index is 1010. The molecule has 2 rings (SSSR count). The highest BCUT2D eigenvalue weighted by Gasteiger charge is 2.31. The molecule has 1 atom stereocenters. The second-order valence-corrected chi connectivity index (χ2v) is 8.86. The van der Waals surface area contributed by atoms with E-state index >= 15 is 0 Å². The van der Waals surface area contributed by atoms with Gasteiger partial charge in [-0.2, -0.15) is 0 Å². The summed E-state index contributed by atoms with van der Waals surface area (Å²) in [6.45, 7) is 3.07. The van der Waals surface area contributed by atoms with E-state index in [0.717, 1.165) is 21.5 Å². The number of nitrogens with zero attached hydrogens (tertiary/aromatic N) is 2. The number of nitro benzene ring substituents is 1. The minimum absolute atomic E-state index is 0.0949. The molecule has 1 N–H and O–H groups in total. The zero-order chi connectivity index (χ0) is 21.1. The van der Waals surface area contributed by atoms with Gasteiger partial charge in [-0.1, -0.05) is 18.2 Å². The molecule has 0 saturated carbocycles. The second kappa shape index (κ2) is 8.61. The van der Waals surface area contributed by atoms with Gasteiger partial charge < -0.3 is 5.32 Å². The van der Waals surface area contributed by atoms with Crippen molar-refractivity contribution >= 4 is 44.8 Å². The minimum atomic E-state index is -3.89. The molecule has 0 radical (unpaired) electrons. The number of thioether (sulfide) groups is 1. The predicted octanol–water partition coefficient (Wildman–Crippen LogP) is 3.42.